The van der Waals surface area contributed by atoms with Gasteiger partial charge in [0.2, 0.25) is 5.91 Å². The van der Waals surface area contributed by atoms with Gasteiger partial charge in [-0.3, -0.25) is 9.59 Å². The number of amides is 1. The van der Waals surface area contributed by atoms with E-state index in [1.54, 1.807) is 6.07 Å². The Bertz CT molecular complexity index is 1110. The second-order valence-corrected chi connectivity index (χ2v) is 9.22. The molecule has 1 amide bonds. The van der Waals surface area contributed by atoms with Crippen molar-refractivity contribution >= 4 is 28.4 Å². The zero-order chi connectivity index (χ0) is 19.8. The Morgan fingerprint density at radius 1 is 1.03 bits per heavy atom. The van der Waals surface area contributed by atoms with Crippen LogP contribution in [0.5, 0.6) is 0 Å². The highest BCUT2D eigenvalue weighted by molar-refractivity contribution is 7.99. The molecule has 3 atom stereocenters. The molecule has 29 heavy (non-hydrogen) atoms. The Balaban J connectivity index is 1.43. The highest BCUT2D eigenvalue weighted by Crippen LogP contribution is 2.49. The van der Waals surface area contributed by atoms with Crippen molar-refractivity contribution in [2.75, 3.05) is 5.43 Å². The van der Waals surface area contributed by atoms with E-state index in [2.05, 4.69) is 10.5 Å². The minimum absolute atomic E-state index is 0.122. The predicted octanol–water partition coefficient (Wildman–Crippen LogP) is 4.44. The van der Waals surface area contributed by atoms with E-state index in [1.807, 2.05) is 48.5 Å². The first-order chi connectivity index (χ1) is 14.2. The van der Waals surface area contributed by atoms with Crippen molar-refractivity contribution in [1.29, 1.82) is 0 Å². The minimum atomic E-state index is -0.292. The summed E-state index contributed by atoms with van der Waals surface area (Å²) in [5.74, 6) is 1.80. The van der Waals surface area contributed by atoms with Crippen LogP contribution >= 0.6 is 11.8 Å². The van der Waals surface area contributed by atoms with Crippen LogP contribution < -0.4 is 11.0 Å². The van der Waals surface area contributed by atoms with Gasteiger partial charge in [0.25, 0.3) is 5.56 Å². The van der Waals surface area contributed by atoms with Crippen molar-refractivity contribution in [3.05, 3.63) is 65.0 Å². The van der Waals surface area contributed by atoms with Crippen LogP contribution in [-0.4, -0.2) is 15.8 Å². The fourth-order valence-corrected chi connectivity index (χ4v) is 5.87. The number of rotatable bonds is 5. The number of carbonyl (C=O) groups excluding carboxylic acids is 1. The van der Waals surface area contributed by atoms with Crippen LogP contribution in [0, 0.1) is 17.8 Å². The molecule has 2 aliphatic carbocycles. The first kappa shape index (κ1) is 18.4. The molecule has 5 rings (SSSR count). The van der Waals surface area contributed by atoms with E-state index >= 15 is 0 Å². The lowest BCUT2D eigenvalue weighted by atomic mass is 9.86. The molecule has 6 heteroatoms. The van der Waals surface area contributed by atoms with E-state index in [9.17, 15) is 9.59 Å². The molecule has 3 unspecified atom stereocenters. The first-order valence-corrected chi connectivity index (χ1v) is 11.0. The van der Waals surface area contributed by atoms with Crippen LogP contribution in [0.3, 0.4) is 0 Å². The van der Waals surface area contributed by atoms with Crippen molar-refractivity contribution in [3.63, 3.8) is 0 Å². The monoisotopic (exact) mass is 405 g/mol. The molecular formula is C23H23N3O2S. The Labute approximate surface area is 173 Å². The van der Waals surface area contributed by atoms with Gasteiger partial charge in [-0.2, -0.15) is 0 Å². The van der Waals surface area contributed by atoms with Crippen molar-refractivity contribution in [3.8, 4) is 0 Å². The van der Waals surface area contributed by atoms with Gasteiger partial charge < -0.3 is 0 Å². The Morgan fingerprint density at radius 2 is 1.79 bits per heavy atom. The average Bonchev–Trinajstić information content (AvgIpc) is 3.35. The average molecular weight is 406 g/mol. The molecule has 2 fully saturated rings. The summed E-state index contributed by atoms with van der Waals surface area (Å²) in [5, 5.41) is 6.55. The second-order valence-electron chi connectivity index (χ2n) is 8.16. The first-order valence-electron chi connectivity index (χ1n) is 10.2. The zero-order valence-corrected chi connectivity index (χ0v) is 16.9. The fraction of sp³-hybridized carbons (Fsp3) is 0.348. The lowest BCUT2D eigenvalue weighted by molar-refractivity contribution is -0.118. The minimum Gasteiger partial charge on any atom is -0.273 e. The lowest BCUT2D eigenvalue weighted by Gasteiger charge is -2.21. The number of nitrogens with one attached hydrogen (secondary N) is 1. The third kappa shape index (κ3) is 3.69. The molecule has 2 aromatic carbocycles. The molecular weight excluding hydrogens is 382 g/mol. The standard InChI is InChI=1S/C23H23N3O2S/c27-21(14-17-13-15-10-11-16(17)12-15)24-26-23(28)20-9-5-4-8-19(20)22(25-26)29-18-6-2-1-3-7-18/h1-9,15-17H,10-14H2,(H,24,27). The van der Waals surface area contributed by atoms with E-state index in [1.165, 1.54) is 31.0 Å². The van der Waals surface area contributed by atoms with Gasteiger partial charge in [-0.05, 0) is 55.2 Å². The molecule has 5 nitrogen and oxygen atoms in total. The second kappa shape index (κ2) is 7.67. The van der Waals surface area contributed by atoms with Gasteiger partial charge in [0.05, 0.1) is 5.39 Å². The van der Waals surface area contributed by atoms with E-state index in [0.717, 1.165) is 27.4 Å². The van der Waals surface area contributed by atoms with Crippen LogP contribution in [0.4, 0.5) is 0 Å². The molecule has 148 valence electrons. The molecule has 3 aromatic rings. The summed E-state index contributed by atoms with van der Waals surface area (Å²) >= 11 is 1.49. The SMILES string of the molecule is O=C(CC1CC2CCC1C2)Nn1nc(Sc2ccccc2)c2ccccc2c1=O. The van der Waals surface area contributed by atoms with Crippen molar-refractivity contribution < 1.29 is 4.79 Å². The fourth-order valence-electron chi connectivity index (χ4n) is 4.94. The number of hydrogen-bond donors (Lipinski definition) is 1. The van der Waals surface area contributed by atoms with Gasteiger partial charge in [0.15, 0.2) is 0 Å². The number of aromatic nitrogens is 2. The van der Waals surface area contributed by atoms with E-state index in [4.69, 9.17) is 0 Å². The number of benzene rings is 2. The third-order valence-electron chi connectivity index (χ3n) is 6.29. The summed E-state index contributed by atoms with van der Waals surface area (Å²) in [6, 6.07) is 17.3. The van der Waals surface area contributed by atoms with Crippen LogP contribution in [-0.2, 0) is 4.79 Å². The van der Waals surface area contributed by atoms with Crippen molar-refractivity contribution in [1.82, 2.24) is 9.89 Å². The molecule has 0 saturated heterocycles. The smallest absolute Gasteiger partial charge is 0.273 e. The summed E-state index contributed by atoms with van der Waals surface area (Å²) in [7, 11) is 0. The van der Waals surface area contributed by atoms with Crippen LogP contribution in [0.25, 0.3) is 10.8 Å². The molecule has 1 aromatic heterocycles. The number of fused-ring (bicyclic) bond motifs is 3. The Morgan fingerprint density at radius 3 is 2.52 bits per heavy atom. The topological polar surface area (TPSA) is 64.0 Å². The van der Waals surface area contributed by atoms with E-state index < -0.39 is 0 Å². The lowest BCUT2D eigenvalue weighted by Crippen LogP contribution is -2.36. The summed E-state index contributed by atoms with van der Waals surface area (Å²) in [4.78, 5) is 27.8. The zero-order valence-electron chi connectivity index (χ0n) is 16.1. The van der Waals surface area contributed by atoms with Gasteiger partial charge in [-0.15, -0.1) is 9.89 Å². The quantitative estimate of drug-likeness (QED) is 0.681. The Hall–Kier alpha value is -2.60. The van der Waals surface area contributed by atoms with Crippen molar-refractivity contribution in [2.45, 2.75) is 42.0 Å². The highest BCUT2D eigenvalue weighted by Gasteiger charge is 2.40. The van der Waals surface area contributed by atoms with Gasteiger partial charge in [-0.25, -0.2) is 5.43 Å². The van der Waals surface area contributed by atoms with Gasteiger partial charge in [0.1, 0.15) is 5.03 Å². The number of hydrogen-bond acceptors (Lipinski definition) is 4. The summed E-state index contributed by atoms with van der Waals surface area (Å²) in [6.45, 7) is 0. The molecule has 1 heterocycles. The maximum absolute atomic E-state index is 12.9. The maximum atomic E-state index is 12.9. The molecule has 2 bridgehead atoms. The van der Waals surface area contributed by atoms with Crippen LogP contribution in [0.1, 0.15) is 32.1 Å². The number of nitrogens with zero attached hydrogens (tertiary/aromatic N) is 2. The number of carbonyl (C=O) groups is 1. The van der Waals surface area contributed by atoms with Crippen molar-refractivity contribution in [2.24, 2.45) is 17.8 Å². The summed E-state index contributed by atoms with van der Waals surface area (Å²) in [6.07, 6.45) is 5.45. The van der Waals surface area contributed by atoms with Crippen LogP contribution in [0.2, 0.25) is 0 Å². The van der Waals surface area contributed by atoms with E-state index in [-0.39, 0.29) is 11.5 Å². The predicted molar refractivity (Wildman–Crippen MR) is 114 cm³/mol. The third-order valence-corrected chi connectivity index (χ3v) is 7.29. The Kier molecular flexibility index (Phi) is 4.87. The molecule has 0 spiro atoms. The molecule has 2 aliphatic rings. The van der Waals surface area contributed by atoms with E-state index in [0.29, 0.717) is 28.7 Å². The molecule has 1 N–H and O–H groups in total. The normalized spacial score (nSPS) is 22.8. The largest absolute Gasteiger partial charge is 0.294 e. The van der Waals surface area contributed by atoms with Gasteiger partial charge >= 0.3 is 0 Å². The molecule has 0 aliphatic heterocycles. The van der Waals surface area contributed by atoms with Gasteiger partial charge in [0, 0.05) is 16.7 Å². The highest BCUT2D eigenvalue weighted by atomic mass is 32.2. The van der Waals surface area contributed by atoms with Gasteiger partial charge in [-0.1, -0.05) is 54.6 Å². The molecule has 2 saturated carbocycles. The summed E-state index contributed by atoms with van der Waals surface area (Å²) < 4.78 is 0. The molecule has 0 radical (unpaired) electrons. The maximum Gasteiger partial charge on any atom is 0.294 e. The van der Waals surface area contributed by atoms with Crippen LogP contribution in [0.15, 0.2) is 69.3 Å². The summed E-state index contributed by atoms with van der Waals surface area (Å²) in [5.41, 5.74) is 2.46.